The van der Waals surface area contributed by atoms with E-state index >= 15 is 0 Å². The summed E-state index contributed by atoms with van der Waals surface area (Å²) in [5, 5.41) is 3.12. The van der Waals surface area contributed by atoms with Gasteiger partial charge in [-0.1, -0.05) is 20.8 Å². The average molecular weight is 276 g/mol. The molecule has 0 spiro atoms. The second-order valence-electron chi connectivity index (χ2n) is 5.67. The van der Waals surface area contributed by atoms with E-state index < -0.39 is 5.41 Å². The molecule has 6 heteroatoms. The van der Waals surface area contributed by atoms with Crippen molar-refractivity contribution in [1.82, 2.24) is 14.9 Å². The van der Waals surface area contributed by atoms with Crippen molar-refractivity contribution in [3.8, 4) is 0 Å². The van der Waals surface area contributed by atoms with Crippen molar-refractivity contribution in [3.63, 3.8) is 0 Å². The molecule has 1 aromatic heterocycles. The van der Waals surface area contributed by atoms with Gasteiger partial charge in [0.1, 0.15) is 5.82 Å². The molecule has 0 aliphatic carbocycles. The Morgan fingerprint density at radius 2 is 2.05 bits per heavy atom. The lowest BCUT2D eigenvalue weighted by Gasteiger charge is -2.17. The predicted octanol–water partition coefficient (Wildman–Crippen LogP) is 1.58. The van der Waals surface area contributed by atoms with E-state index in [2.05, 4.69) is 22.2 Å². The van der Waals surface area contributed by atoms with Gasteiger partial charge in [-0.15, -0.1) is 0 Å². The van der Waals surface area contributed by atoms with Crippen LogP contribution in [-0.4, -0.2) is 33.2 Å². The van der Waals surface area contributed by atoms with Crippen LogP contribution in [-0.2, 0) is 16.1 Å². The summed E-state index contributed by atoms with van der Waals surface area (Å²) in [5.74, 6) is 0.419. The van der Waals surface area contributed by atoms with Gasteiger partial charge in [0, 0.05) is 13.0 Å². The number of anilines is 1. The highest BCUT2D eigenvalue weighted by Gasteiger charge is 2.44. The Bertz CT molecular complexity index is 510. The fourth-order valence-corrected chi connectivity index (χ4v) is 2.13. The zero-order valence-corrected chi connectivity index (χ0v) is 12.1. The molecule has 1 fully saturated rings. The van der Waals surface area contributed by atoms with Crippen LogP contribution in [0.4, 0.5) is 5.82 Å². The minimum Gasteiger partial charge on any atom is -0.369 e. The van der Waals surface area contributed by atoms with E-state index in [1.807, 2.05) is 0 Å². The molecule has 0 atom stereocenters. The smallest absolute Gasteiger partial charge is 0.235 e. The van der Waals surface area contributed by atoms with E-state index in [-0.39, 0.29) is 24.8 Å². The first-order valence-electron chi connectivity index (χ1n) is 6.83. The Kier molecular flexibility index (Phi) is 4.01. The predicted molar refractivity (Wildman–Crippen MR) is 74.8 cm³/mol. The van der Waals surface area contributed by atoms with Gasteiger partial charge >= 0.3 is 0 Å². The van der Waals surface area contributed by atoms with Gasteiger partial charge in [-0.25, -0.2) is 4.98 Å². The molecule has 1 aliphatic heterocycles. The lowest BCUT2D eigenvalue weighted by molar-refractivity contribution is -0.141. The number of hydrogen-bond donors (Lipinski definition) is 1. The van der Waals surface area contributed by atoms with Crippen molar-refractivity contribution in [1.29, 1.82) is 0 Å². The van der Waals surface area contributed by atoms with E-state index in [0.717, 1.165) is 13.0 Å². The third-order valence-electron chi connectivity index (χ3n) is 3.30. The monoisotopic (exact) mass is 276 g/mol. The zero-order chi connectivity index (χ0) is 14.8. The molecule has 2 heterocycles. The maximum atomic E-state index is 12.1. The summed E-state index contributed by atoms with van der Waals surface area (Å²) in [6.07, 6.45) is 4.50. The van der Waals surface area contributed by atoms with Gasteiger partial charge in [-0.2, -0.15) is 0 Å². The molecule has 0 radical (unpaired) electrons. The number of aromatic nitrogens is 2. The molecule has 1 N–H and O–H groups in total. The standard InChI is InChI=1S/C14H20N4O2/c1-4-5-15-11-8-16-10(7-17-11)9-18-12(19)6-14(2,3)13(18)20/h7-8H,4-6,9H2,1-3H3,(H,15,17). The van der Waals surface area contributed by atoms with Crippen LogP contribution in [0.5, 0.6) is 0 Å². The summed E-state index contributed by atoms with van der Waals surface area (Å²) >= 11 is 0. The number of likely N-dealkylation sites (tertiary alicyclic amines) is 1. The van der Waals surface area contributed by atoms with Gasteiger partial charge in [0.05, 0.1) is 30.0 Å². The lowest BCUT2D eigenvalue weighted by Crippen LogP contribution is -2.32. The fraction of sp³-hybridized carbons (Fsp3) is 0.571. The minimum absolute atomic E-state index is 0.141. The highest BCUT2D eigenvalue weighted by molar-refractivity contribution is 6.05. The summed E-state index contributed by atoms with van der Waals surface area (Å²) in [7, 11) is 0. The molecule has 0 saturated carbocycles. The Balaban J connectivity index is 2.03. The van der Waals surface area contributed by atoms with Crippen LogP contribution in [0.2, 0.25) is 0 Å². The molecule has 1 aliphatic rings. The summed E-state index contributed by atoms with van der Waals surface area (Å²) in [6.45, 7) is 6.68. The highest BCUT2D eigenvalue weighted by Crippen LogP contribution is 2.32. The number of nitrogens with one attached hydrogen (secondary N) is 1. The Labute approximate surface area is 118 Å². The Morgan fingerprint density at radius 1 is 1.30 bits per heavy atom. The number of hydrogen-bond acceptors (Lipinski definition) is 5. The zero-order valence-electron chi connectivity index (χ0n) is 12.1. The normalized spacial score (nSPS) is 17.6. The van der Waals surface area contributed by atoms with Crippen molar-refractivity contribution in [2.75, 3.05) is 11.9 Å². The number of amides is 2. The topological polar surface area (TPSA) is 75.2 Å². The van der Waals surface area contributed by atoms with E-state index in [4.69, 9.17) is 0 Å². The van der Waals surface area contributed by atoms with Crippen LogP contribution in [0.1, 0.15) is 39.3 Å². The SMILES string of the molecule is CCCNc1cnc(CN2C(=O)CC(C)(C)C2=O)cn1. The first-order chi connectivity index (χ1) is 9.44. The van der Waals surface area contributed by atoms with E-state index in [0.29, 0.717) is 11.5 Å². The van der Waals surface area contributed by atoms with Crippen molar-refractivity contribution >= 4 is 17.6 Å². The van der Waals surface area contributed by atoms with E-state index in [9.17, 15) is 9.59 Å². The van der Waals surface area contributed by atoms with Crippen molar-refractivity contribution < 1.29 is 9.59 Å². The third kappa shape index (κ3) is 2.95. The molecule has 108 valence electrons. The molecule has 0 unspecified atom stereocenters. The third-order valence-corrected chi connectivity index (χ3v) is 3.30. The van der Waals surface area contributed by atoms with Gasteiger partial charge in [0.15, 0.2) is 0 Å². The molecule has 0 aromatic carbocycles. The Hall–Kier alpha value is -1.98. The summed E-state index contributed by atoms with van der Waals surface area (Å²) < 4.78 is 0. The minimum atomic E-state index is -0.604. The second-order valence-corrected chi connectivity index (χ2v) is 5.67. The van der Waals surface area contributed by atoms with Crippen LogP contribution in [0.25, 0.3) is 0 Å². The first-order valence-corrected chi connectivity index (χ1v) is 6.83. The maximum absolute atomic E-state index is 12.1. The lowest BCUT2D eigenvalue weighted by atomic mass is 9.92. The van der Waals surface area contributed by atoms with Crippen molar-refractivity contribution in [2.24, 2.45) is 5.41 Å². The number of rotatable bonds is 5. The molecule has 20 heavy (non-hydrogen) atoms. The molecule has 2 amide bonds. The Morgan fingerprint density at radius 3 is 2.55 bits per heavy atom. The summed E-state index contributed by atoms with van der Waals surface area (Å²) in [4.78, 5) is 33.7. The van der Waals surface area contributed by atoms with Gasteiger partial charge < -0.3 is 5.32 Å². The van der Waals surface area contributed by atoms with Crippen molar-refractivity contribution in [2.45, 2.75) is 40.2 Å². The van der Waals surface area contributed by atoms with Crippen LogP contribution < -0.4 is 5.32 Å². The molecule has 0 bridgehead atoms. The first kappa shape index (κ1) is 14.4. The van der Waals surface area contributed by atoms with Crippen LogP contribution in [0.15, 0.2) is 12.4 Å². The molecule has 1 aromatic rings. The largest absolute Gasteiger partial charge is 0.369 e. The van der Waals surface area contributed by atoms with Crippen molar-refractivity contribution in [3.05, 3.63) is 18.1 Å². The molecular formula is C14H20N4O2. The quantitative estimate of drug-likeness (QED) is 0.826. The highest BCUT2D eigenvalue weighted by atomic mass is 16.2. The average Bonchev–Trinajstić information content (AvgIpc) is 2.60. The van der Waals surface area contributed by atoms with Crippen LogP contribution in [0.3, 0.4) is 0 Å². The fourth-order valence-electron chi connectivity index (χ4n) is 2.13. The number of nitrogens with zero attached hydrogens (tertiary/aromatic N) is 3. The van der Waals surface area contributed by atoms with E-state index in [1.165, 1.54) is 4.90 Å². The van der Waals surface area contributed by atoms with Crippen LogP contribution in [0, 0.1) is 5.41 Å². The molecule has 2 rings (SSSR count). The second kappa shape index (κ2) is 5.56. The maximum Gasteiger partial charge on any atom is 0.235 e. The number of imide groups is 1. The summed E-state index contributed by atoms with van der Waals surface area (Å²) in [5.41, 5.74) is 0.0130. The van der Waals surface area contributed by atoms with Gasteiger partial charge in [-0.05, 0) is 6.42 Å². The number of carbonyl (C=O) groups is 2. The van der Waals surface area contributed by atoms with Crippen LogP contribution >= 0.6 is 0 Å². The summed E-state index contributed by atoms with van der Waals surface area (Å²) in [6, 6.07) is 0. The van der Waals surface area contributed by atoms with E-state index in [1.54, 1.807) is 26.2 Å². The van der Waals surface area contributed by atoms with Gasteiger partial charge in [0.25, 0.3) is 0 Å². The molecular weight excluding hydrogens is 256 g/mol. The molecule has 1 saturated heterocycles. The number of carbonyl (C=O) groups excluding carboxylic acids is 2. The molecule has 6 nitrogen and oxygen atoms in total. The van der Waals surface area contributed by atoms with Gasteiger partial charge in [0.2, 0.25) is 11.8 Å². The van der Waals surface area contributed by atoms with Gasteiger partial charge in [-0.3, -0.25) is 19.5 Å².